The first-order valence-electron chi connectivity index (χ1n) is 6.81. The van der Waals surface area contributed by atoms with Crippen molar-refractivity contribution in [2.24, 2.45) is 0 Å². The normalized spacial score (nSPS) is 10.8. The molecule has 1 aromatic heterocycles. The fraction of sp³-hybridized carbons (Fsp3) is 0.375. The Morgan fingerprint density at radius 3 is 2.48 bits per heavy atom. The average molecular weight is 304 g/mol. The maximum Gasteiger partial charge on any atom is 0.133 e. The Kier molecular flexibility index (Phi) is 4.63. The van der Waals surface area contributed by atoms with E-state index in [9.17, 15) is 0 Å². The molecule has 0 fully saturated rings. The minimum absolute atomic E-state index is 0.266. The summed E-state index contributed by atoms with van der Waals surface area (Å²) in [6.07, 6.45) is 0. The maximum absolute atomic E-state index is 5.46. The van der Waals surface area contributed by atoms with Crippen molar-refractivity contribution >= 4 is 12.2 Å². The predicted octanol–water partition coefficient (Wildman–Crippen LogP) is 4.26. The lowest BCUT2D eigenvalue weighted by Crippen LogP contribution is -2.03. The van der Waals surface area contributed by atoms with Gasteiger partial charge in [0, 0.05) is 17.0 Å². The van der Waals surface area contributed by atoms with Crippen molar-refractivity contribution < 1.29 is 9.47 Å². The number of rotatable bonds is 4. The van der Waals surface area contributed by atoms with Gasteiger partial charge in [-0.15, -0.1) is 0 Å². The van der Waals surface area contributed by atoms with E-state index in [1.165, 1.54) is 0 Å². The summed E-state index contributed by atoms with van der Waals surface area (Å²) < 4.78 is 11.4. The zero-order chi connectivity index (χ0) is 15.6. The summed E-state index contributed by atoms with van der Waals surface area (Å²) in [5.41, 5.74) is 2.78. The summed E-state index contributed by atoms with van der Waals surface area (Å²) >= 11 is 5.39. The number of nitrogens with one attached hydrogen (secondary N) is 1. The molecule has 4 nitrogen and oxygen atoms in total. The molecule has 2 aromatic rings. The molecule has 0 radical (unpaired) electrons. The molecule has 1 aromatic carbocycles. The monoisotopic (exact) mass is 304 g/mol. The van der Waals surface area contributed by atoms with Crippen LogP contribution in [0.5, 0.6) is 11.5 Å². The summed E-state index contributed by atoms with van der Waals surface area (Å²) in [6.45, 7) is 6.12. The highest BCUT2D eigenvalue weighted by molar-refractivity contribution is 7.71. The highest BCUT2D eigenvalue weighted by Gasteiger charge is 2.14. The van der Waals surface area contributed by atoms with Gasteiger partial charge >= 0.3 is 0 Å². The van der Waals surface area contributed by atoms with Gasteiger partial charge in [0.15, 0.2) is 0 Å². The van der Waals surface area contributed by atoms with Gasteiger partial charge in [-0.05, 0) is 25.1 Å². The molecule has 1 N–H and O–H groups in total. The Labute approximate surface area is 130 Å². The van der Waals surface area contributed by atoms with Crippen molar-refractivity contribution in [3.8, 4) is 22.8 Å². The largest absolute Gasteiger partial charge is 0.497 e. The Morgan fingerprint density at radius 1 is 1.19 bits per heavy atom. The second-order valence-electron chi connectivity index (χ2n) is 5.15. The first kappa shape index (κ1) is 15.5. The topological polar surface area (TPSA) is 47.1 Å². The smallest absolute Gasteiger partial charge is 0.133 e. The molecule has 2 rings (SSSR count). The van der Waals surface area contributed by atoms with Crippen LogP contribution < -0.4 is 9.47 Å². The summed E-state index contributed by atoms with van der Waals surface area (Å²) in [7, 11) is 3.30. The second kappa shape index (κ2) is 6.26. The molecule has 0 spiro atoms. The number of benzene rings is 1. The lowest BCUT2D eigenvalue weighted by atomic mass is 10.1. The third kappa shape index (κ3) is 3.08. The lowest BCUT2D eigenvalue weighted by molar-refractivity contribution is 0.404. The standard InChI is InChI=1S/C16H20N2O2S/c1-9(2)15-17-14(10(3)16(21)18-15)12-8-11(19-4)6-7-13(12)20-5/h6-9H,1-5H3,(H,17,18,21). The van der Waals surface area contributed by atoms with Crippen molar-refractivity contribution in [1.29, 1.82) is 0 Å². The van der Waals surface area contributed by atoms with Crippen molar-refractivity contribution in [3.63, 3.8) is 0 Å². The summed E-state index contributed by atoms with van der Waals surface area (Å²) in [5, 5.41) is 0. The van der Waals surface area contributed by atoms with Crippen LogP contribution in [0, 0.1) is 11.6 Å². The average Bonchev–Trinajstić information content (AvgIpc) is 2.49. The first-order valence-corrected chi connectivity index (χ1v) is 7.22. The quantitative estimate of drug-likeness (QED) is 0.858. The molecule has 0 saturated carbocycles. The van der Waals surface area contributed by atoms with E-state index in [4.69, 9.17) is 21.7 Å². The van der Waals surface area contributed by atoms with Crippen LogP contribution in [0.25, 0.3) is 11.3 Å². The third-order valence-electron chi connectivity index (χ3n) is 3.39. The molecular formula is C16H20N2O2S. The first-order chi connectivity index (χ1) is 9.97. The van der Waals surface area contributed by atoms with E-state index in [2.05, 4.69) is 23.8 Å². The number of hydrogen-bond acceptors (Lipinski definition) is 4. The Morgan fingerprint density at radius 2 is 1.90 bits per heavy atom. The van der Waals surface area contributed by atoms with Crippen LogP contribution in [0.15, 0.2) is 18.2 Å². The summed E-state index contributed by atoms with van der Waals surface area (Å²) in [5.74, 6) is 2.67. The van der Waals surface area contributed by atoms with Gasteiger partial charge < -0.3 is 14.5 Å². The van der Waals surface area contributed by atoms with Crippen LogP contribution in [0.4, 0.5) is 0 Å². The van der Waals surface area contributed by atoms with Gasteiger partial charge in [0.1, 0.15) is 22.0 Å². The van der Waals surface area contributed by atoms with Gasteiger partial charge in [-0.1, -0.05) is 26.1 Å². The zero-order valence-corrected chi connectivity index (χ0v) is 13.8. The predicted molar refractivity (Wildman–Crippen MR) is 86.8 cm³/mol. The van der Waals surface area contributed by atoms with E-state index >= 15 is 0 Å². The lowest BCUT2D eigenvalue weighted by Gasteiger charge is -2.15. The van der Waals surface area contributed by atoms with E-state index in [0.29, 0.717) is 4.64 Å². The molecule has 0 saturated heterocycles. The molecule has 0 unspecified atom stereocenters. The van der Waals surface area contributed by atoms with Gasteiger partial charge in [-0.25, -0.2) is 4.98 Å². The molecule has 0 aliphatic rings. The molecular weight excluding hydrogens is 284 g/mol. The van der Waals surface area contributed by atoms with Crippen molar-refractivity contribution in [3.05, 3.63) is 34.2 Å². The number of aromatic nitrogens is 2. The minimum Gasteiger partial charge on any atom is -0.497 e. The molecule has 0 aliphatic heterocycles. The zero-order valence-electron chi connectivity index (χ0n) is 13.0. The molecule has 1 heterocycles. The fourth-order valence-corrected chi connectivity index (χ4v) is 2.30. The van der Waals surface area contributed by atoms with Gasteiger partial charge in [0.05, 0.1) is 19.9 Å². The molecule has 0 bridgehead atoms. The van der Waals surface area contributed by atoms with Gasteiger partial charge in [0.2, 0.25) is 0 Å². The van der Waals surface area contributed by atoms with Crippen LogP contribution in [0.1, 0.15) is 31.2 Å². The van der Waals surface area contributed by atoms with Gasteiger partial charge in [-0.2, -0.15) is 0 Å². The second-order valence-corrected chi connectivity index (χ2v) is 5.53. The molecule has 0 aliphatic carbocycles. The molecule has 5 heteroatoms. The van der Waals surface area contributed by atoms with Crippen molar-refractivity contribution in [2.75, 3.05) is 14.2 Å². The number of hydrogen-bond donors (Lipinski definition) is 1. The summed E-state index contributed by atoms with van der Waals surface area (Å²) in [4.78, 5) is 7.83. The Balaban J connectivity index is 2.73. The highest BCUT2D eigenvalue weighted by atomic mass is 32.1. The molecule has 0 amide bonds. The molecule has 0 atom stereocenters. The van der Waals surface area contributed by atoms with E-state index in [0.717, 1.165) is 34.1 Å². The number of aromatic amines is 1. The Hall–Kier alpha value is -1.88. The van der Waals surface area contributed by atoms with E-state index in [1.54, 1.807) is 14.2 Å². The van der Waals surface area contributed by atoms with E-state index in [1.807, 2.05) is 25.1 Å². The van der Waals surface area contributed by atoms with E-state index < -0.39 is 0 Å². The number of ether oxygens (including phenoxy) is 2. The minimum atomic E-state index is 0.266. The van der Waals surface area contributed by atoms with Crippen molar-refractivity contribution in [1.82, 2.24) is 9.97 Å². The van der Waals surface area contributed by atoms with Crippen molar-refractivity contribution in [2.45, 2.75) is 26.7 Å². The fourth-order valence-electron chi connectivity index (χ4n) is 2.10. The number of H-pyrrole nitrogens is 1. The number of methoxy groups -OCH3 is 2. The Bertz CT molecular complexity index is 708. The van der Waals surface area contributed by atoms with Gasteiger partial charge in [0.25, 0.3) is 0 Å². The van der Waals surface area contributed by atoms with Crippen LogP contribution in [-0.4, -0.2) is 24.2 Å². The molecule has 21 heavy (non-hydrogen) atoms. The van der Waals surface area contributed by atoms with Crippen LogP contribution in [0.2, 0.25) is 0 Å². The highest BCUT2D eigenvalue weighted by Crippen LogP contribution is 2.34. The maximum atomic E-state index is 5.46. The molecule has 112 valence electrons. The van der Waals surface area contributed by atoms with E-state index in [-0.39, 0.29) is 5.92 Å². The van der Waals surface area contributed by atoms with Crippen LogP contribution >= 0.6 is 12.2 Å². The van der Waals surface area contributed by atoms with Crippen LogP contribution in [-0.2, 0) is 0 Å². The third-order valence-corrected chi connectivity index (χ3v) is 3.79. The summed E-state index contributed by atoms with van der Waals surface area (Å²) in [6, 6.07) is 5.70. The van der Waals surface area contributed by atoms with Crippen LogP contribution in [0.3, 0.4) is 0 Å². The number of nitrogens with zero attached hydrogens (tertiary/aromatic N) is 1. The SMILES string of the molecule is COc1ccc(OC)c(-c2[nH]c(C(C)C)nc(=S)c2C)c1. The van der Waals surface area contributed by atoms with Gasteiger partial charge in [-0.3, -0.25) is 0 Å².